The third kappa shape index (κ3) is 3.54. The van der Waals surface area contributed by atoms with Crippen molar-refractivity contribution in [2.45, 2.75) is 32.3 Å². The van der Waals surface area contributed by atoms with Gasteiger partial charge in [0.25, 0.3) is 0 Å². The molecule has 0 aliphatic carbocycles. The van der Waals surface area contributed by atoms with Crippen molar-refractivity contribution in [2.75, 3.05) is 7.11 Å². The number of aliphatic hydroxyl groups is 1. The Morgan fingerprint density at radius 3 is 2.71 bits per heavy atom. The van der Waals surface area contributed by atoms with Crippen LogP contribution in [-0.2, 0) is 11.2 Å². The summed E-state index contributed by atoms with van der Waals surface area (Å²) in [5.41, 5.74) is -0.492. The first kappa shape index (κ1) is 14.2. The Kier molecular flexibility index (Phi) is 4.71. The van der Waals surface area contributed by atoms with Crippen LogP contribution in [0.5, 0.6) is 5.75 Å². The number of Topliss-reactive ketones (excluding diaryl/α,β-unsaturated/α-hetero) is 1. The van der Waals surface area contributed by atoms with Gasteiger partial charge < -0.3 is 9.84 Å². The van der Waals surface area contributed by atoms with Gasteiger partial charge in [-0.3, -0.25) is 4.79 Å². The maximum atomic E-state index is 11.9. The second kappa shape index (κ2) is 5.65. The summed E-state index contributed by atoms with van der Waals surface area (Å²) in [6.07, 6.45) is 0.575. The molecule has 1 aromatic rings. The Balaban J connectivity index is 2.95. The molecule has 0 saturated carbocycles. The number of ketones is 1. The Hall–Kier alpha value is -0.870. The average Bonchev–Trinajstić information content (AvgIpc) is 2.29. The van der Waals surface area contributed by atoms with E-state index in [9.17, 15) is 9.90 Å². The molecule has 0 spiro atoms. The molecule has 0 aliphatic rings. The van der Waals surface area contributed by atoms with Crippen LogP contribution in [-0.4, -0.2) is 23.6 Å². The fourth-order valence-corrected chi connectivity index (χ4v) is 1.85. The largest absolute Gasteiger partial charge is 0.496 e. The molecule has 1 atom stereocenters. The van der Waals surface area contributed by atoms with Crippen molar-refractivity contribution < 1.29 is 14.6 Å². The lowest BCUT2D eigenvalue weighted by molar-refractivity contribution is -0.135. The summed E-state index contributed by atoms with van der Waals surface area (Å²) in [7, 11) is 1.56. The fourth-order valence-electron chi connectivity index (χ4n) is 1.45. The predicted molar refractivity (Wildman–Crippen MR) is 70.3 cm³/mol. The second-order valence-corrected chi connectivity index (χ2v) is 5.10. The van der Waals surface area contributed by atoms with Crippen LogP contribution in [0.4, 0.5) is 0 Å². The molecule has 0 bridgehead atoms. The third-order valence-corrected chi connectivity index (χ3v) is 3.38. The van der Waals surface area contributed by atoms with Gasteiger partial charge >= 0.3 is 0 Å². The lowest BCUT2D eigenvalue weighted by Gasteiger charge is -2.20. The van der Waals surface area contributed by atoms with Gasteiger partial charge in [-0.2, -0.15) is 0 Å². The topological polar surface area (TPSA) is 46.5 Å². The van der Waals surface area contributed by atoms with E-state index in [0.29, 0.717) is 12.2 Å². The quantitative estimate of drug-likeness (QED) is 0.909. The van der Waals surface area contributed by atoms with Crippen molar-refractivity contribution in [3.63, 3.8) is 0 Å². The molecule has 0 aliphatic heterocycles. The summed E-state index contributed by atoms with van der Waals surface area (Å²) in [5.74, 6) is 0.463. The fraction of sp³-hybridized carbons (Fsp3) is 0.462. The van der Waals surface area contributed by atoms with Gasteiger partial charge in [0, 0.05) is 16.5 Å². The van der Waals surface area contributed by atoms with Crippen LogP contribution in [0.25, 0.3) is 0 Å². The molecule has 1 N–H and O–H groups in total. The molecule has 17 heavy (non-hydrogen) atoms. The molecule has 1 unspecified atom stereocenters. The van der Waals surface area contributed by atoms with Crippen molar-refractivity contribution in [1.82, 2.24) is 0 Å². The molecule has 0 fully saturated rings. The molecule has 0 aromatic heterocycles. The van der Waals surface area contributed by atoms with Crippen molar-refractivity contribution in [3.8, 4) is 5.75 Å². The Morgan fingerprint density at radius 1 is 1.53 bits per heavy atom. The zero-order valence-electron chi connectivity index (χ0n) is 10.3. The first-order valence-corrected chi connectivity index (χ1v) is 6.28. The minimum Gasteiger partial charge on any atom is -0.496 e. The standard InChI is InChI=1S/C13H17BrO3/c1-4-13(2,16)12(15)8-9-7-10(14)5-6-11(9)17-3/h5-7,16H,4,8H2,1-3H3. The van der Waals surface area contributed by atoms with E-state index < -0.39 is 5.60 Å². The monoisotopic (exact) mass is 300 g/mol. The molecule has 1 rings (SSSR count). The van der Waals surface area contributed by atoms with Crippen molar-refractivity contribution >= 4 is 21.7 Å². The molecule has 0 saturated heterocycles. The molecular weight excluding hydrogens is 284 g/mol. The summed E-state index contributed by atoms with van der Waals surface area (Å²) in [6, 6.07) is 5.49. The van der Waals surface area contributed by atoms with Crippen molar-refractivity contribution in [1.29, 1.82) is 0 Å². The molecule has 3 nitrogen and oxygen atoms in total. The van der Waals surface area contributed by atoms with Crippen LogP contribution in [0, 0.1) is 0 Å². The van der Waals surface area contributed by atoms with Crippen LogP contribution in [0.15, 0.2) is 22.7 Å². The highest BCUT2D eigenvalue weighted by atomic mass is 79.9. The van der Waals surface area contributed by atoms with E-state index in [0.717, 1.165) is 10.0 Å². The van der Waals surface area contributed by atoms with Gasteiger partial charge in [-0.25, -0.2) is 0 Å². The van der Waals surface area contributed by atoms with Gasteiger partial charge in [0.15, 0.2) is 5.78 Å². The van der Waals surface area contributed by atoms with E-state index in [-0.39, 0.29) is 12.2 Å². The lowest BCUT2D eigenvalue weighted by atomic mass is 9.92. The molecule has 1 aromatic carbocycles. The molecule has 0 amide bonds. The number of rotatable bonds is 5. The number of halogens is 1. The van der Waals surface area contributed by atoms with Crippen LogP contribution in [0.2, 0.25) is 0 Å². The average molecular weight is 301 g/mol. The van der Waals surface area contributed by atoms with Crippen LogP contribution in [0.1, 0.15) is 25.8 Å². The highest BCUT2D eigenvalue weighted by Gasteiger charge is 2.28. The molecule has 4 heteroatoms. The summed E-state index contributed by atoms with van der Waals surface area (Å²) >= 11 is 3.35. The minimum atomic E-state index is -1.27. The third-order valence-electron chi connectivity index (χ3n) is 2.88. The number of hydrogen-bond acceptors (Lipinski definition) is 3. The number of carbonyl (C=O) groups excluding carboxylic acids is 1. The molecular formula is C13H17BrO3. The lowest BCUT2D eigenvalue weighted by Crippen LogP contribution is -2.35. The van der Waals surface area contributed by atoms with Gasteiger partial charge in [-0.05, 0) is 31.5 Å². The molecule has 0 radical (unpaired) electrons. The Labute approximate surface area is 110 Å². The predicted octanol–water partition coefficient (Wildman–Crippen LogP) is 2.73. The van der Waals surface area contributed by atoms with Crippen LogP contribution in [0.3, 0.4) is 0 Å². The normalized spacial score (nSPS) is 14.2. The maximum absolute atomic E-state index is 11.9. The zero-order valence-corrected chi connectivity index (χ0v) is 11.9. The second-order valence-electron chi connectivity index (χ2n) is 4.18. The number of methoxy groups -OCH3 is 1. The van der Waals surface area contributed by atoms with Crippen molar-refractivity contribution in [3.05, 3.63) is 28.2 Å². The highest BCUT2D eigenvalue weighted by molar-refractivity contribution is 9.10. The Bertz CT molecular complexity index is 413. The van der Waals surface area contributed by atoms with Crippen molar-refractivity contribution in [2.24, 2.45) is 0 Å². The summed E-state index contributed by atoms with van der Waals surface area (Å²) < 4.78 is 6.08. The van der Waals surface area contributed by atoms with E-state index in [1.165, 1.54) is 0 Å². The summed E-state index contributed by atoms with van der Waals surface area (Å²) in [5, 5.41) is 9.88. The van der Waals surface area contributed by atoms with E-state index in [1.807, 2.05) is 12.1 Å². The van der Waals surface area contributed by atoms with Gasteiger partial charge in [-0.1, -0.05) is 22.9 Å². The molecule has 0 heterocycles. The number of benzene rings is 1. The van der Waals surface area contributed by atoms with Crippen LogP contribution < -0.4 is 4.74 Å². The minimum absolute atomic E-state index is 0.170. The first-order valence-electron chi connectivity index (χ1n) is 5.48. The first-order chi connectivity index (χ1) is 7.90. The van der Waals surface area contributed by atoms with E-state index >= 15 is 0 Å². The van der Waals surface area contributed by atoms with E-state index in [4.69, 9.17) is 4.74 Å². The van der Waals surface area contributed by atoms with E-state index in [1.54, 1.807) is 27.0 Å². The number of ether oxygens (including phenoxy) is 1. The number of hydrogen-bond donors (Lipinski definition) is 1. The Morgan fingerprint density at radius 2 is 2.18 bits per heavy atom. The van der Waals surface area contributed by atoms with E-state index in [2.05, 4.69) is 15.9 Å². The van der Waals surface area contributed by atoms with Gasteiger partial charge in [-0.15, -0.1) is 0 Å². The maximum Gasteiger partial charge on any atom is 0.168 e. The smallest absolute Gasteiger partial charge is 0.168 e. The summed E-state index contributed by atoms with van der Waals surface area (Å²) in [6.45, 7) is 3.33. The SMILES string of the molecule is CCC(C)(O)C(=O)Cc1cc(Br)ccc1OC. The molecule has 94 valence electrons. The van der Waals surface area contributed by atoms with Gasteiger partial charge in [0.2, 0.25) is 0 Å². The van der Waals surface area contributed by atoms with Gasteiger partial charge in [0.1, 0.15) is 11.4 Å². The zero-order chi connectivity index (χ0) is 13.1. The highest BCUT2D eigenvalue weighted by Crippen LogP contribution is 2.25. The number of carbonyl (C=O) groups is 1. The van der Waals surface area contributed by atoms with Gasteiger partial charge in [0.05, 0.1) is 7.11 Å². The summed E-state index contributed by atoms with van der Waals surface area (Å²) in [4.78, 5) is 11.9. The van der Waals surface area contributed by atoms with Crippen LogP contribution >= 0.6 is 15.9 Å².